The van der Waals surface area contributed by atoms with E-state index in [-0.39, 0.29) is 16.6 Å². The summed E-state index contributed by atoms with van der Waals surface area (Å²) in [5.74, 6) is 1.04. The summed E-state index contributed by atoms with van der Waals surface area (Å²) in [4.78, 5) is 27.6. The number of pyridine rings is 1. The topological polar surface area (TPSA) is 59.0 Å². The number of amides is 1. The van der Waals surface area contributed by atoms with Gasteiger partial charge in [0.25, 0.3) is 5.91 Å². The predicted molar refractivity (Wildman–Crippen MR) is 105 cm³/mol. The fourth-order valence-electron chi connectivity index (χ4n) is 2.36. The van der Waals surface area contributed by atoms with E-state index in [0.29, 0.717) is 17.5 Å². The van der Waals surface area contributed by atoms with Gasteiger partial charge in [0, 0.05) is 6.20 Å². The molecule has 7 heteroatoms. The van der Waals surface area contributed by atoms with Crippen LogP contribution in [0, 0.1) is 0 Å². The summed E-state index contributed by atoms with van der Waals surface area (Å²) in [5.41, 5.74) is 1.17. The first-order valence-corrected chi connectivity index (χ1v) is 9.47. The van der Waals surface area contributed by atoms with Crippen LogP contribution < -0.4 is 4.90 Å². The average molecular weight is 385 g/mol. The van der Waals surface area contributed by atoms with Gasteiger partial charge in [0.05, 0.1) is 17.8 Å². The first kappa shape index (κ1) is 18.4. The highest BCUT2D eigenvalue weighted by atomic mass is 35.5. The standard InChI is InChI=1S/C19H17ClN4OS/c1-2-26-19-22-12-15(20)17(23-19)18(25)24(16-10-6-7-11-21-16)13-14-8-4-3-5-9-14/h3-12H,2,13H2,1H3. The maximum Gasteiger partial charge on any atom is 0.280 e. The van der Waals surface area contributed by atoms with Gasteiger partial charge < -0.3 is 0 Å². The minimum absolute atomic E-state index is 0.180. The summed E-state index contributed by atoms with van der Waals surface area (Å²) in [7, 11) is 0. The summed E-state index contributed by atoms with van der Waals surface area (Å²) >= 11 is 7.68. The summed E-state index contributed by atoms with van der Waals surface area (Å²) in [6.45, 7) is 2.37. The monoisotopic (exact) mass is 384 g/mol. The molecule has 0 saturated carbocycles. The van der Waals surface area contributed by atoms with Gasteiger partial charge in [-0.3, -0.25) is 9.69 Å². The van der Waals surface area contributed by atoms with Crippen molar-refractivity contribution in [3.63, 3.8) is 0 Å². The number of aromatic nitrogens is 3. The van der Waals surface area contributed by atoms with Crippen LogP contribution in [0.3, 0.4) is 0 Å². The Kier molecular flexibility index (Phi) is 6.20. The average Bonchev–Trinajstić information content (AvgIpc) is 2.69. The summed E-state index contributed by atoms with van der Waals surface area (Å²) in [6.07, 6.45) is 3.12. The van der Waals surface area contributed by atoms with Gasteiger partial charge in [-0.2, -0.15) is 0 Å². The Hall–Kier alpha value is -2.44. The number of carbonyl (C=O) groups excluding carboxylic acids is 1. The third kappa shape index (κ3) is 4.39. The number of carbonyl (C=O) groups is 1. The lowest BCUT2D eigenvalue weighted by molar-refractivity contribution is 0.0978. The Morgan fingerprint density at radius 3 is 2.58 bits per heavy atom. The SMILES string of the molecule is CCSc1ncc(Cl)c(C(=O)N(Cc2ccccc2)c2ccccn2)n1. The Morgan fingerprint density at radius 2 is 1.88 bits per heavy atom. The molecule has 2 heterocycles. The van der Waals surface area contributed by atoms with Crippen molar-refractivity contribution in [3.05, 3.63) is 77.2 Å². The number of benzene rings is 1. The highest BCUT2D eigenvalue weighted by Gasteiger charge is 2.23. The highest BCUT2D eigenvalue weighted by molar-refractivity contribution is 7.99. The van der Waals surface area contributed by atoms with Gasteiger partial charge in [0.1, 0.15) is 5.82 Å². The molecule has 0 saturated heterocycles. The van der Waals surface area contributed by atoms with E-state index in [4.69, 9.17) is 11.6 Å². The Labute approximate surface area is 161 Å². The molecule has 5 nitrogen and oxygen atoms in total. The molecule has 0 spiro atoms. The number of nitrogens with zero attached hydrogens (tertiary/aromatic N) is 4. The van der Waals surface area contributed by atoms with Crippen molar-refractivity contribution in [3.8, 4) is 0 Å². The van der Waals surface area contributed by atoms with Crippen molar-refractivity contribution >= 4 is 35.1 Å². The van der Waals surface area contributed by atoms with Crippen LogP contribution >= 0.6 is 23.4 Å². The van der Waals surface area contributed by atoms with Crippen LogP contribution in [0.25, 0.3) is 0 Å². The second-order valence-corrected chi connectivity index (χ2v) is 6.99. The van der Waals surface area contributed by atoms with Crippen LogP contribution in [0.5, 0.6) is 0 Å². The molecule has 0 fully saturated rings. The fourth-order valence-corrected chi connectivity index (χ4v) is 3.08. The fraction of sp³-hybridized carbons (Fsp3) is 0.158. The quantitative estimate of drug-likeness (QED) is 0.463. The van der Waals surface area contributed by atoms with Crippen molar-refractivity contribution in [2.45, 2.75) is 18.6 Å². The molecule has 0 N–H and O–H groups in total. The molecule has 0 bridgehead atoms. The lowest BCUT2D eigenvalue weighted by Gasteiger charge is -2.22. The smallest absolute Gasteiger partial charge is 0.280 e. The van der Waals surface area contributed by atoms with Gasteiger partial charge >= 0.3 is 0 Å². The zero-order chi connectivity index (χ0) is 18.4. The van der Waals surface area contributed by atoms with E-state index in [9.17, 15) is 4.79 Å². The summed E-state index contributed by atoms with van der Waals surface area (Å²) in [6, 6.07) is 15.2. The van der Waals surface area contributed by atoms with Gasteiger partial charge in [-0.25, -0.2) is 15.0 Å². The molecule has 0 unspecified atom stereocenters. The molecule has 26 heavy (non-hydrogen) atoms. The second kappa shape index (κ2) is 8.78. The summed E-state index contributed by atoms with van der Waals surface area (Å²) in [5, 5.41) is 0.755. The van der Waals surface area contributed by atoms with Crippen molar-refractivity contribution in [1.82, 2.24) is 15.0 Å². The van der Waals surface area contributed by atoms with Crippen LogP contribution in [0.1, 0.15) is 23.0 Å². The van der Waals surface area contributed by atoms with Crippen molar-refractivity contribution in [2.75, 3.05) is 10.7 Å². The molecule has 0 aliphatic carbocycles. The summed E-state index contributed by atoms with van der Waals surface area (Å²) < 4.78 is 0. The van der Waals surface area contributed by atoms with E-state index in [1.165, 1.54) is 18.0 Å². The van der Waals surface area contributed by atoms with E-state index in [1.807, 2.05) is 49.4 Å². The molecule has 0 aliphatic rings. The Balaban J connectivity index is 1.99. The minimum Gasteiger partial charge on any atom is -0.287 e. The molecular weight excluding hydrogens is 368 g/mol. The number of hydrogen-bond acceptors (Lipinski definition) is 5. The largest absolute Gasteiger partial charge is 0.287 e. The number of thioether (sulfide) groups is 1. The first-order chi connectivity index (χ1) is 12.7. The second-order valence-electron chi connectivity index (χ2n) is 5.35. The van der Waals surface area contributed by atoms with E-state index >= 15 is 0 Å². The number of anilines is 1. The third-order valence-electron chi connectivity index (χ3n) is 3.55. The molecule has 2 aromatic heterocycles. The lowest BCUT2D eigenvalue weighted by atomic mass is 10.2. The molecule has 0 aliphatic heterocycles. The molecule has 0 radical (unpaired) electrons. The van der Waals surface area contributed by atoms with E-state index in [1.54, 1.807) is 17.2 Å². The Morgan fingerprint density at radius 1 is 1.12 bits per heavy atom. The molecule has 1 aromatic carbocycles. The zero-order valence-electron chi connectivity index (χ0n) is 14.2. The van der Waals surface area contributed by atoms with Crippen molar-refractivity contribution in [1.29, 1.82) is 0 Å². The van der Waals surface area contributed by atoms with Crippen LogP contribution in [0.2, 0.25) is 5.02 Å². The zero-order valence-corrected chi connectivity index (χ0v) is 15.7. The molecule has 3 rings (SSSR count). The maximum absolute atomic E-state index is 13.2. The highest BCUT2D eigenvalue weighted by Crippen LogP contribution is 2.23. The van der Waals surface area contributed by atoms with E-state index in [0.717, 1.165) is 11.3 Å². The van der Waals surface area contributed by atoms with Crippen LogP contribution in [-0.2, 0) is 6.54 Å². The van der Waals surface area contributed by atoms with E-state index < -0.39 is 0 Å². The van der Waals surface area contributed by atoms with Gasteiger partial charge in [-0.1, -0.05) is 66.7 Å². The normalized spacial score (nSPS) is 10.5. The predicted octanol–water partition coefficient (Wildman–Crippen LogP) is 4.48. The van der Waals surface area contributed by atoms with E-state index in [2.05, 4.69) is 15.0 Å². The lowest BCUT2D eigenvalue weighted by Crippen LogP contribution is -2.32. The maximum atomic E-state index is 13.2. The number of halogens is 1. The van der Waals surface area contributed by atoms with Gasteiger partial charge in [0.2, 0.25) is 0 Å². The van der Waals surface area contributed by atoms with Crippen LogP contribution in [0.15, 0.2) is 66.1 Å². The van der Waals surface area contributed by atoms with Gasteiger partial charge in [-0.05, 0) is 23.4 Å². The molecule has 0 atom stereocenters. The first-order valence-electron chi connectivity index (χ1n) is 8.11. The van der Waals surface area contributed by atoms with Gasteiger partial charge in [0.15, 0.2) is 10.9 Å². The molecule has 3 aromatic rings. The van der Waals surface area contributed by atoms with Crippen LogP contribution in [0.4, 0.5) is 5.82 Å². The van der Waals surface area contributed by atoms with Crippen molar-refractivity contribution in [2.24, 2.45) is 0 Å². The van der Waals surface area contributed by atoms with Crippen molar-refractivity contribution < 1.29 is 4.79 Å². The third-order valence-corrected chi connectivity index (χ3v) is 4.57. The number of rotatable bonds is 6. The number of hydrogen-bond donors (Lipinski definition) is 0. The molecule has 132 valence electrons. The van der Waals surface area contributed by atoms with Gasteiger partial charge in [-0.15, -0.1) is 0 Å². The molecule has 1 amide bonds. The van der Waals surface area contributed by atoms with Crippen LogP contribution in [-0.4, -0.2) is 26.6 Å². The molecular formula is C19H17ClN4OS. The Bertz CT molecular complexity index is 877. The minimum atomic E-state index is -0.307.